The lowest BCUT2D eigenvalue weighted by molar-refractivity contribution is -0.136. The predicted octanol–water partition coefficient (Wildman–Crippen LogP) is 3.70. The molecule has 2 aromatic rings. The fourth-order valence-corrected chi connectivity index (χ4v) is 2.71. The van der Waals surface area contributed by atoms with Gasteiger partial charge in [0, 0.05) is 9.13 Å². The molecule has 0 atom stereocenters. The average molecular weight is 410 g/mol. The first kappa shape index (κ1) is 16.5. The number of Topliss-reactive ketones (excluding diaryl/α,β-unsaturated/α-hetero) is 1. The van der Waals surface area contributed by atoms with Crippen molar-refractivity contribution in [3.8, 4) is 5.75 Å². The zero-order valence-electron chi connectivity index (χ0n) is 12.0. The topological polar surface area (TPSA) is 63.6 Å². The van der Waals surface area contributed by atoms with Crippen molar-refractivity contribution in [3.05, 3.63) is 62.7 Å². The fraction of sp³-hybridized carbons (Fsp3) is 0.176. The molecule has 22 heavy (non-hydrogen) atoms. The largest absolute Gasteiger partial charge is 0.489 e. The van der Waals surface area contributed by atoms with Crippen LogP contribution in [-0.4, -0.2) is 16.9 Å². The smallest absolute Gasteiger partial charge is 0.307 e. The first-order valence-electron chi connectivity index (χ1n) is 6.68. The molecule has 0 fully saturated rings. The van der Waals surface area contributed by atoms with Crippen LogP contribution in [0.3, 0.4) is 0 Å². The van der Waals surface area contributed by atoms with Crippen LogP contribution in [0.4, 0.5) is 0 Å². The highest BCUT2D eigenvalue weighted by atomic mass is 127. The van der Waals surface area contributed by atoms with Crippen molar-refractivity contribution in [1.82, 2.24) is 0 Å². The summed E-state index contributed by atoms with van der Waals surface area (Å²) >= 11 is 2.23. The molecule has 0 heterocycles. The van der Waals surface area contributed by atoms with Gasteiger partial charge >= 0.3 is 5.97 Å². The normalized spacial score (nSPS) is 10.3. The second-order valence-electron chi connectivity index (χ2n) is 4.86. The van der Waals surface area contributed by atoms with Crippen molar-refractivity contribution in [2.24, 2.45) is 0 Å². The van der Waals surface area contributed by atoms with Crippen LogP contribution in [0.1, 0.15) is 28.4 Å². The third-order valence-corrected chi connectivity index (χ3v) is 3.76. The van der Waals surface area contributed by atoms with E-state index >= 15 is 0 Å². The van der Waals surface area contributed by atoms with Crippen LogP contribution in [0.5, 0.6) is 5.75 Å². The summed E-state index contributed by atoms with van der Waals surface area (Å²) in [6, 6.07) is 12.9. The summed E-state index contributed by atoms with van der Waals surface area (Å²) in [6.45, 7) is 1.82. The van der Waals surface area contributed by atoms with Crippen molar-refractivity contribution in [1.29, 1.82) is 0 Å². The Bertz CT molecular complexity index is 710. The SMILES string of the molecule is CC(=O)c1ccc(OCc2cccc(I)c2)cc1CC(=O)O. The molecule has 0 aliphatic rings. The Labute approximate surface area is 142 Å². The molecule has 0 aromatic heterocycles. The van der Waals surface area contributed by atoms with Gasteiger partial charge in [-0.3, -0.25) is 9.59 Å². The van der Waals surface area contributed by atoms with Gasteiger partial charge < -0.3 is 9.84 Å². The van der Waals surface area contributed by atoms with E-state index in [0.29, 0.717) is 23.5 Å². The summed E-state index contributed by atoms with van der Waals surface area (Å²) in [5.41, 5.74) is 1.92. The van der Waals surface area contributed by atoms with Crippen LogP contribution in [0.25, 0.3) is 0 Å². The van der Waals surface area contributed by atoms with Crippen LogP contribution in [-0.2, 0) is 17.8 Å². The van der Waals surface area contributed by atoms with Gasteiger partial charge in [0.1, 0.15) is 12.4 Å². The summed E-state index contributed by atoms with van der Waals surface area (Å²) in [6.07, 6.45) is -0.199. The summed E-state index contributed by atoms with van der Waals surface area (Å²) < 4.78 is 6.82. The Morgan fingerprint density at radius 1 is 1.18 bits per heavy atom. The van der Waals surface area contributed by atoms with Gasteiger partial charge in [-0.15, -0.1) is 0 Å². The molecule has 5 heteroatoms. The van der Waals surface area contributed by atoms with Crippen LogP contribution < -0.4 is 4.74 Å². The summed E-state index contributed by atoms with van der Waals surface area (Å²) in [4.78, 5) is 22.5. The second-order valence-corrected chi connectivity index (χ2v) is 6.11. The molecule has 0 aliphatic heterocycles. The monoisotopic (exact) mass is 410 g/mol. The zero-order chi connectivity index (χ0) is 16.1. The maximum absolute atomic E-state index is 11.5. The number of rotatable bonds is 6. The number of ether oxygens (including phenoxy) is 1. The third kappa shape index (κ3) is 4.56. The molecule has 0 amide bonds. The summed E-state index contributed by atoms with van der Waals surface area (Å²) in [7, 11) is 0. The highest BCUT2D eigenvalue weighted by Crippen LogP contribution is 2.21. The molecule has 0 aliphatic carbocycles. The number of hydrogen-bond acceptors (Lipinski definition) is 3. The van der Waals surface area contributed by atoms with E-state index in [4.69, 9.17) is 9.84 Å². The van der Waals surface area contributed by atoms with Gasteiger partial charge in [-0.2, -0.15) is 0 Å². The number of carboxylic acids is 1. The van der Waals surface area contributed by atoms with Gasteiger partial charge in [0.05, 0.1) is 6.42 Å². The Morgan fingerprint density at radius 2 is 1.95 bits per heavy atom. The first-order chi connectivity index (χ1) is 10.5. The molecule has 4 nitrogen and oxygen atoms in total. The van der Waals surface area contributed by atoms with E-state index in [0.717, 1.165) is 9.13 Å². The van der Waals surface area contributed by atoms with Gasteiger partial charge in [0.15, 0.2) is 5.78 Å². The van der Waals surface area contributed by atoms with E-state index in [1.165, 1.54) is 6.92 Å². The number of hydrogen-bond donors (Lipinski definition) is 1. The highest BCUT2D eigenvalue weighted by molar-refractivity contribution is 14.1. The lowest BCUT2D eigenvalue weighted by atomic mass is 10.0. The molecule has 0 spiro atoms. The minimum Gasteiger partial charge on any atom is -0.489 e. The number of aliphatic carboxylic acids is 1. The zero-order valence-corrected chi connectivity index (χ0v) is 14.2. The number of ketones is 1. The van der Waals surface area contributed by atoms with Gasteiger partial charge in [0.25, 0.3) is 0 Å². The van der Waals surface area contributed by atoms with Crippen LogP contribution >= 0.6 is 22.6 Å². The molecular weight excluding hydrogens is 395 g/mol. The van der Waals surface area contributed by atoms with Crippen molar-refractivity contribution in [3.63, 3.8) is 0 Å². The Balaban J connectivity index is 2.17. The number of benzene rings is 2. The fourth-order valence-electron chi connectivity index (χ4n) is 2.11. The van der Waals surface area contributed by atoms with Gasteiger partial charge in [-0.25, -0.2) is 0 Å². The van der Waals surface area contributed by atoms with E-state index in [2.05, 4.69) is 22.6 Å². The Kier molecular flexibility index (Phi) is 5.54. The van der Waals surface area contributed by atoms with Crippen LogP contribution in [0.15, 0.2) is 42.5 Å². The molecule has 1 N–H and O–H groups in total. The van der Waals surface area contributed by atoms with Gasteiger partial charge in [0.2, 0.25) is 0 Å². The first-order valence-corrected chi connectivity index (χ1v) is 7.76. The molecule has 2 aromatic carbocycles. The molecular formula is C17H15IO4. The van der Waals surface area contributed by atoms with Crippen molar-refractivity contribution < 1.29 is 19.4 Å². The van der Waals surface area contributed by atoms with E-state index in [1.54, 1.807) is 18.2 Å². The summed E-state index contributed by atoms with van der Waals surface area (Å²) in [5.74, 6) is -0.571. The molecule has 2 rings (SSSR count). The maximum Gasteiger partial charge on any atom is 0.307 e. The lowest BCUT2D eigenvalue weighted by Crippen LogP contribution is -2.07. The van der Waals surface area contributed by atoms with E-state index in [1.807, 2.05) is 24.3 Å². The van der Waals surface area contributed by atoms with Crippen molar-refractivity contribution in [2.75, 3.05) is 0 Å². The van der Waals surface area contributed by atoms with Gasteiger partial charge in [-0.1, -0.05) is 12.1 Å². The number of carbonyl (C=O) groups is 2. The Hall–Kier alpha value is -1.89. The molecule has 0 saturated carbocycles. The average Bonchev–Trinajstić information content (AvgIpc) is 2.44. The third-order valence-electron chi connectivity index (χ3n) is 3.09. The standard InChI is InChI=1S/C17H15IO4/c1-11(19)16-6-5-15(8-13(16)9-17(20)21)22-10-12-3-2-4-14(18)7-12/h2-8H,9-10H2,1H3,(H,20,21). The number of halogens is 1. The van der Waals surface area contributed by atoms with Crippen molar-refractivity contribution in [2.45, 2.75) is 20.0 Å². The highest BCUT2D eigenvalue weighted by Gasteiger charge is 2.12. The van der Waals surface area contributed by atoms with Crippen molar-refractivity contribution >= 4 is 34.3 Å². The van der Waals surface area contributed by atoms with E-state index in [9.17, 15) is 9.59 Å². The van der Waals surface area contributed by atoms with E-state index in [-0.39, 0.29) is 12.2 Å². The second kappa shape index (κ2) is 7.40. The van der Waals surface area contributed by atoms with Gasteiger partial charge in [-0.05, 0) is 71.0 Å². The quantitative estimate of drug-likeness (QED) is 0.583. The molecule has 0 unspecified atom stereocenters. The van der Waals surface area contributed by atoms with E-state index < -0.39 is 5.97 Å². The molecule has 0 radical (unpaired) electrons. The lowest BCUT2D eigenvalue weighted by Gasteiger charge is -2.10. The van der Waals surface area contributed by atoms with Crippen LogP contribution in [0, 0.1) is 3.57 Å². The number of carbonyl (C=O) groups excluding carboxylic acids is 1. The predicted molar refractivity (Wildman–Crippen MR) is 91.3 cm³/mol. The molecule has 0 saturated heterocycles. The molecule has 0 bridgehead atoms. The molecule has 114 valence electrons. The minimum absolute atomic E-state index is 0.152. The summed E-state index contributed by atoms with van der Waals surface area (Å²) in [5, 5.41) is 8.95. The number of carboxylic acid groups (broad SMARTS) is 1. The van der Waals surface area contributed by atoms with Crippen LogP contribution in [0.2, 0.25) is 0 Å². The maximum atomic E-state index is 11.5. The Morgan fingerprint density at radius 3 is 2.59 bits per heavy atom. The minimum atomic E-state index is -0.975.